The lowest BCUT2D eigenvalue weighted by Gasteiger charge is -2.30. The van der Waals surface area contributed by atoms with E-state index in [9.17, 15) is 4.79 Å². The monoisotopic (exact) mass is 320 g/mol. The van der Waals surface area contributed by atoms with Crippen LogP contribution in [-0.4, -0.2) is 48.9 Å². The Labute approximate surface area is 132 Å². The first-order valence-electron chi connectivity index (χ1n) is 6.82. The minimum Gasteiger partial charge on any atom is -0.497 e. The molecule has 2 N–H and O–H groups in total. The van der Waals surface area contributed by atoms with E-state index in [0.29, 0.717) is 19.0 Å². The second kappa shape index (κ2) is 6.41. The van der Waals surface area contributed by atoms with Crippen LogP contribution in [0.25, 0.3) is 0 Å². The first-order chi connectivity index (χ1) is 10.7. The molecule has 0 fully saturated rings. The average molecular weight is 320 g/mol. The van der Waals surface area contributed by atoms with Crippen molar-refractivity contribution < 1.29 is 19.4 Å². The lowest BCUT2D eigenvalue weighted by Crippen LogP contribution is -2.44. The number of thioether (sulfide) groups is 1. The molecule has 22 heavy (non-hydrogen) atoms. The number of aliphatic imine (C=N–C) groups is 1. The van der Waals surface area contributed by atoms with Crippen LogP contribution in [-0.2, 0) is 9.53 Å². The molecule has 0 bridgehead atoms. The highest BCUT2D eigenvalue weighted by molar-refractivity contribution is 8.04. The summed E-state index contributed by atoms with van der Waals surface area (Å²) in [4.78, 5) is 16.7. The zero-order chi connectivity index (χ0) is 15.5. The molecule has 1 aromatic rings. The topological polar surface area (TPSA) is 80.2 Å². The molecule has 116 valence electrons. The largest absolute Gasteiger partial charge is 0.497 e. The fraction of sp³-hybridized carbons (Fsp3) is 0.333. The fourth-order valence-corrected chi connectivity index (χ4v) is 3.40. The summed E-state index contributed by atoms with van der Waals surface area (Å²) < 4.78 is 10.6. The summed E-state index contributed by atoms with van der Waals surface area (Å²) in [6.07, 6.45) is 0. The van der Waals surface area contributed by atoms with Gasteiger partial charge in [0.2, 0.25) is 0 Å². The van der Waals surface area contributed by atoms with Crippen LogP contribution in [0.15, 0.2) is 39.9 Å². The number of nitrogens with zero attached hydrogens (tertiary/aromatic N) is 1. The predicted octanol–water partition coefficient (Wildman–Crippen LogP) is 1.80. The molecule has 6 nitrogen and oxygen atoms in total. The Kier molecular flexibility index (Phi) is 4.35. The van der Waals surface area contributed by atoms with Crippen LogP contribution in [0.1, 0.15) is 0 Å². The van der Waals surface area contributed by atoms with Gasteiger partial charge in [0.05, 0.1) is 42.3 Å². The van der Waals surface area contributed by atoms with Crippen molar-refractivity contribution in [1.29, 1.82) is 0 Å². The van der Waals surface area contributed by atoms with Crippen molar-refractivity contribution >= 4 is 29.1 Å². The molecule has 1 atom stereocenters. The number of nitrogens with one attached hydrogen (secondary N) is 1. The number of aliphatic carboxylic acids is 1. The van der Waals surface area contributed by atoms with E-state index in [2.05, 4.69) is 10.3 Å². The standard InChI is InChI=1S/C15H16N2O4S/c1-20-10-4-2-9(3-5-10)16-11-6-21-7-12-14(11)22-8-13(17-12)15(18)19/h2-5,13,17H,6-8H2,1H3,(H,18,19)/b16-11+. The van der Waals surface area contributed by atoms with E-state index in [0.717, 1.165) is 27.8 Å². The molecule has 3 rings (SSSR count). The van der Waals surface area contributed by atoms with Crippen LogP contribution in [0.3, 0.4) is 0 Å². The fourth-order valence-electron chi connectivity index (χ4n) is 2.28. The molecule has 0 amide bonds. The maximum Gasteiger partial charge on any atom is 0.326 e. The Morgan fingerprint density at radius 2 is 2.18 bits per heavy atom. The molecule has 2 heterocycles. The molecule has 0 saturated carbocycles. The summed E-state index contributed by atoms with van der Waals surface area (Å²) in [6, 6.07) is 6.88. The van der Waals surface area contributed by atoms with Crippen LogP contribution >= 0.6 is 11.8 Å². The molecule has 0 spiro atoms. The van der Waals surface area contributed by atoms with Crippen molar-refractivity contribution in [1.82, 2.24) is 5.32 Å². The summed E-state index contributed by atoms with van der Waals surface area (Å²) in [7, 11) is 1.62. The van der Waals surface area contributed by atoms with E-state index in [1.54, 1.807) is 7.11 Å². The lowest BCUT2D eigenvalue weighted by atomic mass is 10.2. The summed E-state index contributed by atoms with van der Waals surface area (Å²) in [5.41, 5.74) is 2.45. The third kappa shape index (κ3) is 3.10. The Morgan fingerprint density at radius 3 is 2.86 bits per heavy atom. The second-order valence-corrected chi connectivity index (χ2v) is 5.93. The van der Waals surface area contributed by atoms with Gasteiger partial charge in [-0.05, 0) is 24.3 Å². The molecule has 0 radical (unpaired) electrons. The highest BCUT2D eigenvalue weighted by atomic mass is 32.2. The van der Waals surface area contributed by atoms with E-state index in [-0.39, 0.29) is 0 Å². The van der Waals surface area contributed by atoms with Crippen molar-refractivity contribution in [2.45, 2.75) is 6.04 Å². The molecule has 0 aromatic heterocycles. The maximum atomic E-state index is 11.1. The normalized spacial score (nSPS) is 23.0. The van der Waals surface area contributed by atoms with Crippen molar-refractivity contribution in [3.63, 3.8) is 0 Å². The third-order valence-electron chi connectivity index (χ3n) is 3.40. The Bertz CT molecular complexity index is 639. The Balaban J connectivity index is 1.85. The van der Waals surface area contributed by atoms with E-state index < -0.39 is 12.0 Å². The quantitative estimate of drug-likeness (QED) is 0.884. The first-order valence-corrected chi connectivity index (χ1v) is 7.81. The molecule has 7 heteroatoms. The van der Waals surface area contributed by atoms with E-state index in [4.69, 9.17) is 14.6 Å². The minimum absolute atomic E-state index is 0.397. The average Bonchev–Trinajstić information content (AvgIpc) is 2.55. The zero-order valence-corrected chi connectivity index (χ0v) is 12.9. The minimum atomic E-state index is -0.849. The van der Waals surface area contributed by atoms with Crippen molar-refractivity contribution in [3.8, 4) is 5.75 Å². The van der Waals surface area contributed by atoms with Gasteiger partial charge in [0.15, 0.2) is 0 Å². The van der Waals surface area contributed by atoms with Gasteiger partial charge in [-0.15, -0.1) is 11.8 Å². The molecular formula is C15H16N2O4S. The van der Waals surface area contributed by atoms with Gasteiger partial charge in [0.25, 0.3) is 0 Å². The Hall–Kier alpha value is -1.99. The lowest BCUT2D eigenvalue weighted by molar-refractivity contribution is -0.138. The number of rotatable bonds is 3. The molecule has 1 unspecified atom stereocenters. The van der Waals surface area contributed by atoms with E-state index in [1.807, 2.05) is 24.3 Å². The van der Waals surface area contributed by atoms with Gasteiger partial charge in [0.1, 0.15) is 11.8 Å². The van der Waals surface area contributed by atoms with Gasteiger partial charge in [-0.1, -0.05) is 0 Å². The number of benzene rings is 1. The van der Waals surface area contributed by atoms with E-state index >= 15 is 0 Å². The maximum absolute atomic E-state index is 11.1. The van der Waals surface area contributed by atoms with Gasteiger partial charge >= 0.3 is 5.97 Å². The van der Waals surface area contributed by atoms with Crippen LogP contribution in [0, 0.1) is 0 Å². The van der Waals surface area contributed by atoms with Gasteiger partial charge < -0.3 is 19.9 Å². The van der Waals surface area contributed by atoms with Gasteiger partial charge in [0, 0.05) is 5.75 Å². The van der Waals surface area contributed by atoms with Gasteiger partial charge in [-0.25, -0.2) is 9.79 Å². The first kappa shape index (κ1) is 14.9. The predicted molar refractivity (Wildman–Crippen MR) is 85.0 cm³/mol. The highest BCUT2D eigenvalue weighted by Gasteiger charge is 2.30. The molecule has 2 aliphatic heterocycles. The highest BCUT2D eigenvalue weighted by Crippen LogP contribution is 2.31. The summed E-state index contributed by atoms with van der Waals surface area (Å²) >= 11 is 1.52. The van der Waals surface area contributed by atoms with Crippen LogP contribution in [0.2, 0.25) is 0 Å². The SMILES string of the molecule is COc1ccc(/N=C2\COCC3=C2SCC(C(=O)O)N3)cc1. The molecule has 1 aromatic carbocycles. The summed E-state index contributed by atoms with van der Waals surface area (Å²) in [5.74, 6) is 0.413. The number of ether oxygens (including phenoxy) is 2. The summed E-state index contributed by atoms with van der Waals surface area (Å²) in [6.45, 7) is 0.824. The van der Waals surface area contributed by atoms with Crippen molar-refractivity contribution in [3.05, 3.63) is 34.9 Å². The number of carbonyl (C=O) groups is 1. The molecule has 0 aliphatic carbocycles. The van der Waals surface area contributed by atoms with Gasteiger partial charge in [-0.2, -0.15) is 0 Å². The molecule has 0 saturated heterocycles. The number of methoxy groups -OCH3 is 1. The van der Waals surface area contributed by atoms with Crippen LogP contribution in [0.4, 0.5) is 5.69 Å². The van der Waals surface area contributed by atoms with Crippen LogP contribution in [0.5, 0.6) is 5.75 Å². The number of hydrogen-bond donors (Lipinski definition) is 2. The third-order valence-corrected chi connectivity index (χ3v) is 4.67. The zero-order valence-electron chi connectivity index (χ0n) is 12.0. The van der Waals surface area contributed by atoms with Gasteiger partial charge in [-0.3, -0.25) is 0 Å². The Morgan fingerprint density at radius 1 is 1.41 bits per heavy atom. The smallest absolute Gasteiger partial charge is 0.326 e. The number of hydrogen-bond acceptors (Lipinski definition) is 6. The van der Waals surface area contributed by atoms with Crippen LogP contribution < -0.4 is 10.1 Å². The number of carboxylic acids is 1. The van der Waals surface area contributed by atoms with Crippen molar-refractivity contribution in [2.24, 2.45) is 4.99 Å². The van der Waals surface area contributed by atoms with E-state index in [1.165, 1.54) is 11.8 Å². The van der Waals surface area contributed by atoms with Crippen molar-refractivity contribution in [2.75, 3.05) is 26.1 Å². The molecular weight excluding hydrogens is 304 g/mol. The summed E-state index contributed by atoms with van der Waals surface area (Å²) in [5, 5.41) is 12.1. The molecule has 2 aliphatic rings. The number of carboxylic acid groups (broad SMARTS) is 1. The second-order valence-electron chi connectivity index (χ2n) is 4.90.